The highest BCUT2D eigenvalue weighted by atomic mass is 19.1. The van der Waals surface area contributed by atoms with E-state index >= 15 is 0 Å². The van der Waals surface area contributed by atoms with Crippen LogP contribution in [-0.4, -0.2) is 39.0 Å². The number of carboxylic acid groups (broad SMARTS) is 1. The van der Waals surface area contributed by atoms with E-state index in [4.69, 9.17) is 21.1 Å². The number of anilines is 4. The fourth-order valence-electron chi connectivity index (χ4n) is 4.27. The van der Waals surface area contributed by atoms with Crippen LogP contribution < -0.4 is 21.7 Å². The Hall–Kier alpha value is -6.12. The van der Waals surface area contributed by atoms with Gasteiger partial charge >= 0.3 is 5.97 Å². The summed E-state index contributed by atoms with van der Waals surface area (Å²) in [4.78, 5) is 47.2. The summed E-state index contributed by atoms with van der Waals surface area (Å²) in [5.74, 6) is -5.97. The van der Waals surface area contributed by atoms with Gasteiger partial charge in [0, 0.05) is 34.9 Å². The van der Waals surface area contributed by atoms with Crippen LogP contribution in [0.2, 0.25) is 0 Å². The predicted molar refractivity (Wildman–Crippen MR) is 170 cm³/mol. The van der Waals surface area contributed by atoms with E-state index in [9.17, 15) is 36.7 Å². The van der Waals surface area contributed by atoms with Gasteiger partial charge in [-0.05, 0) is 98.5 Å². The molecular formula is C34H30F4N4O7. The number of hydrogen-bond donors (Lipinski definition) is 7. The zero-order valence-corrected chi connectivity index (χ0v) is 25.5. The first kappa shape index (κ1) is 35.7. The molecule has 11 nitrogen and oxygen atoms in total. The van der Waals surface area contributed by atoms with E-state index in [1.807, 2.05) is 0 Å². The first-order chi connectivity index (χ1) is 23.1. The first-order valence-electron chi connectivity index (χ1n) is 14.6. The molecule has 0 atom stereocenters. The number of carbonyl (C=O) groups is 4. The van der Waals surface area contributed by atoms with Crippen LogP contribution >= 0.6 is 0 Å². The summed E-state index contributed by atoms with van der Waals surface area (Å²) >= 11 is 0. The smallest absolute Gasteiger partial charge is 0.319 e. The number of halogens is 4. The molecule has 49 heavy (non-hydrogen) atoms. The lowest BCUT2D eigenvalue weighted by molar-refractivity contribution is -0.147. The van der Waals surface area contributed by atoms with Crippen molar-refractivity contribution < 1.29 is 52.1 Å². The molecule has 4 aromatic rings. The minimum Gasteiger partial charge on any atom is -0.505 e. The summed E-state index contributed by atoms with van der Waals surface area (Å²) in [5.41, 5.74) is 3.93. The molecule has 8 N–H and O–H groups in total. The molecule has 0 bridgehead atoms. The number of phenols is 2. The molecule has 0 radical (unpaired) electrons. The Bertz CT molecular complexity index is 1860. The maximum Gasteiger partial charge on any atom is 0.319 e. The lowest BCUT2D eigenvalue weighted by Gasteiger charge is -2.15. The topological polar surface area (TPSA) is 191 Å². The third-order valence-electron chi connectivity index (χ3n) is 7.59. The standard InChI is InChI=1S/C17H14F2N2O3.C11H10FNO3.C6H6FNO/c18-10-1-3-11(4-2-10)20-15(23)17(7-8-17)16(24)21-12-5-6-14(22)13(19)9-12;12-7-1-3-8(4-2-7)13-9(14)11(5-6-11)10(15)16;7-5-3-4(8)1-2-6(5)9/h1-6,9,22H,7-8H2,(H,20,23)(H,21,24);1-4H,5-6H2,(H,13,14)(H,15,16);1-3,9H,8H2. The van der Waals surface area contributed by atoms with Crippen molar-refractivity contribution in [3.63, 3.8) is 0 Å². The van der Waals surface area contributed by atoms with Crippen molar-refractivity contribution >= 4 is 46.4 Å². The second-order valence-electron chi connectivity index (χ2n) is 11.2. The van der Waals surface area contributed by atoms with Crippen molar-refractivity contribution in [3.8, 4) is 11.5 Å². The van der Waals surface area contributed by atoms with Crippen LogP contribution in [0.3, 0.4) is 0 Å². The minimum atomic E-state index is -1.27. The summed E-state index contributed by atoms with van der Waals surface area (Å²) in [6.45, 7) is 0. The number of phenolic OH excluding ortho intramolecular Hbond substituents is 2. The molecular weight excluding hydrogens is 652 g/mol. The molecule has 4 aromatic carbocycles. The van der Waals surface area contributed by atoms with Crippen molar-refractivity contribution in [2.24, 2.45) is 10.8 Å². The zero-order valence-electron chi connectivity index (χ0n) is 25.5. The number of aliphatic carboxylic acids is 1. The molecule has 3 amide bonds. The molecule has 0 spiro atoms. The average Bonchev–Trinajstić information content (AvgIpc) is 3.98. The van der Waals surface area contributed by atoms with E-state index in [0.29, 0.717) is 42.7 Å². The van der Waals surface area contributed by atoms with Crippen molar-refractivity contribution in [2.75, 3.05) is 21.7 Å². The molecule has 0 heterocycles. The quantitative estimate of drug-likeness (QED) is 0.0553. The van der Waals surface area contributed by atoms with E-state index in [1.165, 1.54) is 66.7 Å². The van der Waals surface area contributed by atoms with Gasteiger partial charge in [0.2, 0.25) is 17.7 Å². The van der Waals surface area contributed by atoms with E-state index in [-0.39, 0.29) is 11.4 Å². The maximum absolute atomic E-state index is 13.3. The van der Waals surface area contributed by atoms with Gasteiger partial charge < -0.3 is 37.0 Å². The normalized spacial score (nSPS) is 14.4. The van der Waals surface area contributed by atoms with Crippen LogP contribution in [0.15, 0.2) is 84.9 Å². The molecule has 2 aliphatic rings. The number of carbonyl (C=O) groups excluding carboxylic acids is 3. The lowest BCUT2D eigenvalue weighted by atomic mass is 10.0. The third kappa shape index (κ3) is 9.03. The Labute approximate surface area is 276 Å². The van der Waals surface area contributed by atoms with E-state index in [0.717, 1.165) is 18.2 Å². The summed E-state index contributed by atoms with van der Waals surface area (Å²) in [6, 6.07) is 17.5. The van der Waals surface area contributed by atoms with Gasteiger partial charge in [0.15, 0.2) is 23.1 Å². The molecule has 2 fully saturated rings. The van der Waals surface area contributed by atoms with Gasteiger partial charge in [-0.1, -0.05) is 0 Å². The Kier molecular flexibility index (Phi) is 10.8. The zero-order chi connectivity index (χ0) is 35.9. The van der Waals surface area contributed by atoms with Crippen molar-refractivity contribution in [1.82, 2.24) is 0 Å². The third-order valence-corrected chi connectivity index (χ3v) is 7.59. The van der Waals surface area contributed by atoms with Gasteiger partial charge in [-0.25, -0.2) is 17.6 Å². The van der Waals surface area contributed by atoms with Gasteiger partial charge in [0.05, 0.1) is 0 Å². The number of nitrogens with one attached hydrogen (secondary N) is 3. The van der Waals surface area contributed by atoms with Crippen molar-refractivity contribution in [1.29, 1.82) is 0 Å². The Morgan fingerprint density at radius 2 is 0.918 bits per heavy atom. The Balaban J connectivity index is 0.000000185. The molecule has 0 saturated heterocycles. The number of aromatic hydroxyl groups is 2. The van der Waals surface area contributed by atoms with Crippen molar-refractivity contribution in [3.05, 3.63) is 108 Å². The molecule has 2 aliphatic carbocycles. The summed E-state index contributed by atoms with van der Waals surface area (Å²) < 4.78 is 51.0. The molecule has 6 rings (SSSR count). The van der Waals surface area contributed by atoms with Crippen LogP contribution in [0.4, 0.5) is 40.3 Å². The van der Waals surface area contributed by atoms with Crippen LogP contribution in [0.25, 0.3) is 0 Å². The maximum atomic E-state index is 13.3. The highest BCUT2D eigenvalue weighted by Crippen LogP contribution is 2.48. The molecule has 15 heteroatoms. The highest BCUT2D eigenvalue weighted by Gasteiger charge is 2.57. The summed E-state index contributed by atoms with van der Waals surface area (Å²) in [7, 11) is 0. The van der Waals surface area contributed by atoms with Crippen molar-refractivity contribution in [2.45, 2.75) is 25.7 Å². The molecule has 0 aromatic heterocycles. The van der Waals surface area contributed by atoms with Crippen LogP contribution in [0, 0.1) is 34.1 Å². The number of carboxylic acids is 1. The Morgan fingerprint density at radius 1 is 0.551 bits per heavy atom. The van der Waals surface area contributed by atoms with Gasteiger partial charge in [-0.15, -0.1) is 0 Å². The number of nitrogen functional groups attached to an aromatic ring is 1. The summed E-state index contributed by atoms with van der Waals surface area (Å²) in [6.07, 6.45) is 1.45. The fourth-order valence-corrected chi connectivity index (χ4v) is 4.27. The van der Waals surface area contributed by atoms with Gasteiger partial charge in [-0.2, -0.15) is 0 Å². The molecule has 2 saturated carbocycles. The van der Waals surface area contributed by atoms with E-state index < -0.39 is 63.5 Å². The molecule has 256 valence electrons. The fraction of sp³-hybridized carbons (Fsp3) is 0.176. The van der Waals surface area contributed by atoms with Gasteiger partial charge in [-0.3, -0.25) is 19.2 Å². The average molecular weight is 683 g/mol. The highest BCUT2D eigenvalue weighted by molar-refractivity contribution is 6.17. The number of nitrogens with two attached hydrogens (primary N) is 1. The summed E-state index contributed by atoms with van der Waals surface area (Å²) in [5, 5.41) is 34.2. The molecule has 0 unspecified atom stereocenters. The van der Waals surface area contributed by atoms with E-state index in [2.05, 4.69) is 16.0 Å². The van der Waals surface area contributed by atoms with Gasteiger partial charge in [0.25, 0.3) is 0 Å². The number of hydrogen-bond acceptors (Lipinski definition) is 7. The number of benzene rings is 4. The second kappa shape index (κ2) is 14.8. The number of rotatable bonds is 7. The van der Waals surface area contributed by atoms with E-state index in [1.54, 1.807) is 0 Å². The Morgan fingerprint density at radius 3 is 1.29 bits per heavy atom. The van der Waals surface area contributed by atoms with Crippen LogP contribution in [0.1, 0.15) is 25.7 Å². The monoisotopic (exact) mass is 682 g/mol. The SMILES string of the molecule is Nc1ccc(O)c(F)c1.O=C(Nc1ccc(F)cc1)C1(C(=O)Nc2ccc(O)c(F)c2)CC1.O=C(O)C1(C(=O)Nc2ccc(F)cc2)CC1. The predicted octanol–water partition coefficient (Wildman–Crippen LogP) is 5.77. The van der Waals surface area contributed by atoms with Crippen LogP contribution in [0.5, 0.6) is 11.5 Å². The second-order valence-corrected chi connectivity index (χ2v) is 11.2. The largest absolute Gasteiger partial charge is 0.505 e. The van der Waals surface area contributed by atoms with Crippen LogP contribution in [-0.2, 0) is 19.2 Å². The first-order valence-corrected chi connectivity index (χ1v) is 14.6. The molecule has 0 aliphatic heterocycles. The number of amides is 3. The lowest BCUT2D eigenvalue weighted by Crippen LogP contribution is -2.35. The van der Waals surface area contributed by atoms with Gasteiger partial charge in [0.1, 0.15) is 22.5 Å². The minimum absolute atomic E-state index is 0.149.